The van der Waals surface area contributed by atoms with Gasteiger partial charge in [0.05, 0.1) is 5.69 Å². The Kier molecular flexibility index (Phi) is 2.95. The zero-order valence-electron chi connectivity index (χ0n) is 9.16. The summed E-state index contributed by atoms with van der Waals surface area (Å²) in [5.41, 5.74) is 5.40. The van der Waals surface area contributed by atoms with E-state index in [1.165, 1.54) is 0 Å². The van der Waals surface area contributed by atoms with Crippen molar-refractivity contribution in [1.82, 2.24) is 9.78 Å². The molecule has 1 aromatic heterocycles. The molecule has 0 saturated carbocycles. The first-order valence-corrected chi connectivity index (χ1v) is 4.80. The Morgan fingerprint density at radius 1 is 1.50 bits per heavy atom. The predicted molar refractivity (Wildman–Crippen MR) is 54.7 cm³/mol. The molecule has 0 aliphatic heterocycles. The van der Waals surface area contributed by atoms with Crippen LogP contribution < -0.4 is 5.73 Å². The Morgan fingerprint density at radius 2 is 2.07 bits per heavy atom. The number of hydrogen-bond donors (Lipinski definition) is 1. The van der Waals surface area contributed by atoms with Gasteiger partial charge in [0.2, 0.25) is 0 Å². The largest absolute Gasteiger partial charge is 0.323 e. The van der Waals surface area contributed by atoms with Crippen molar-refractivity contribution in [3.05, 3.63) is 18.0 Å². The average molecular weight is 199 g/mol. The van der Waals surface area contributed by atoms with Crippen LogP contribution >= 0.6 is 0 Å². The summed E-state index contributed by atoms with van der Waals surface area (Å²) in [5.74, 6) is 0. The van der Waals surface area contributed by atoms with Gasteiger partial charge in [-0.2, -0.15) is 5.10 Å². The molecule has 3 nitrogen and oxygen atoms in total. The van der Waals surface area contributed by atoms with Crippen LogP contribution in [0, 0.1) is 0 Å². The summed E-state index contributed by atoms with van der Waals surface area (Å²) >= 11 is 0. The average Bonchev–Trinajstić information content (AvgIpc) is 2.48. The van der Waals surface area contributed by atoms with E-state index in [0.29, 0.717) is 5.69 Å². The fourth-order valence-electron chi connectivity index (χ4n) is 1.34. The van der Waals surface area contributed by atoms with Crippen molar-refractivity contribution in [3.63, 3.8) is 0 Å². The van der Waals surface area contributed by atoms with E-state index in [-0.39, 0.29) is 6.04 Å². The lowest BCUT2D eigenvalue weighted by Crippen LogP contribution is -2.38. The minimum Gasteiger partial charge on any atom is -0.323 e. The Bertz CT molecular complexity index is 299. The molecule has 1 heterocycles. The molecule has 0 aliphatic carbocycles. The van der Waals surface area contributed by atoms with Crippen molar-refractivity contribution < 1.29 is 4.39 Å². The minimum atomic E-state index is -1.19. The molecular weight excluding hydrogens is 181 g/mol. The predicted octanol–water partition coefficient (Wildman–Crippen LogP) is 2.21. The maximum Gasteiger partial charge on any atom is 0.159 e. The Labute approximate surface area is 84.1 Å². The molecule has 1 rings (SSSR count). The van der Waals surface area contributed by atoms with Crippen molar-refractivity contribution >= 4 is 0 Å². The lowest BCUT2D eigenvalue weighted by molar-refractivity contribution is 0.206. The van der Waals surface area contributed by atoms with E-state index in [1.807, 2.05) is 13.8 Å². The van der Waals surface area contributed by atoms with Gasteiger partial charge in [-0.1, -0.05) is 0 Å². The molecule has 0 bridgehead atoms. The molecule has 0 radical (unpaired) electrons. The number of alkyl halides is 1. The number of rotatable bonds is 3. The summed E-state index contributed by atoms with van der Waals surface area (Å²) in [6, 6.07) is 1.83. The fraction of sp³-hybridized carbons (Fsp3) is 0.700. The topological polar surface area (TPSA) is 43.8 Å². The highest BCUT2D eigenvalue weighted by atomic mass is 19.1. The van der Waals surface area contributed by atoms with Gasteiger partial charge in [-0.3, -0.25) is 4.68 Å². The van der Waals surface area contributed by atoms with Crippen LogP contribution in [0.25, 0.3) is 0 Å². The smallest absolute Gasteiger partial charge is 0.159 e. The van der Waals surface area contributed by atoms with Gasteiger partial charge in [-0.15, -0.1) is 0 Å². The van der Waals surface area contributed by atoms with Crippen molar-refractivity contribution in [2.75, 3.05) is 0 Å². The highest BCUT2D eigenvalue weighted by Gasteiger charge is 2.29. The monoisotopic (exact) mass is 199 g/mol. The quantitative estimate of drug-likeness (QED) is 0.811. The number of aromatic nitrogens is 2. The number of nitrogens with two attached hydrogens (primary N) is 1. The molecule has 1 unspecified atom stereocenters. The van der Waals surface area contributed by atoms with Crippen LogP contribution in [0.4, 0.5) is 4.39 Å². The van der Waals surface area contributed by atoms with Gasteiger partial charge in [0.25, 0.3) is 0 Å². The molecule has 0 saturated heterocycles. The lowest BCUT2D eigenvalue weighted by atomic mass is 9.97. The molecule has 0 amide bonds. The zero-order chi connectivity index (χ0) is 10.9. The second kappa shape index (κ2) is 3.69. The third-order valence-electron chi connectivity index (χ3n) is 2.10. The van der Waals surface area contributed by atoms with Crippen LogP contribution in [-0.4, -0.2) is 15.3 Å². The molecule has 80 valence electrons. The normalized spacial score (nSPS) is 14.8. The SMILES string of the molecule is CC(C)n1nccc1C(F)C(C)(C)N. The molecule has 14 heavy (non-hydrogen) atoms. The molecule has 0 aliphatic rings. The Hall–Kier alpha value is -0.900. The first-order valence-electron chi connectivity index (χ1n) is 4.80. The first kappa shape index (κ1) is 11.2. The standard InChI is InChI=1S/C10H18FN3/c1-7(2)14-8(5-6-13-14)9(11)10(3,4)12/h5-7,9H,12H2,1-4H3. The summed E-state index contributed by atoms with van der Waals surface area (Å²) < 4.78 is 15.6. The van der Waals surface area contributed by atoms with E-state index in [4.69, 9.17) is 5.73 Å². The fourth-order valence-corrected chi connectivity index (χ4v) is 1.34. The van der Waals surface area contributed by atoms with E-state index in [2.05, 4.69) is 5.10 Å². The zero-order valence-corrected chi connectivity index (χ0v) is 9.16. The van der Waals surface area contributed by atoms with Crippen molar-refractivity contribution in [2.45, 2.75) is 45.4 Å². The molecule has 4 heteroatoms. The van der Waals surface area contributed by atoms with E-state index < -0.39 is 11.7 Å². The summed E-state index contributed by atoms with van der Waals surface area (Å²) in [7, 11) is 0. The summed E-state index contributed by atoms with van der Waals surface area (Å²) in [5, 5.41) is 4.07. The lowest BCUT2D eigenvalue weighted by Gasteiger charge is -2.25. The number of hydrogen-bond acceptors (Lipinski definition) is 2. The van der Waals surface area contributed by atoms with Crippen LogP contribution in [0.3, 0.4) is 0 Å². The van der Waals surface area contributed by atoms with Crippen molar-refractivity contribution in [2.24, 2.45) is 5.73 Å². The summed E-state index contributed by atoms with van der Waals surface area (Å²) in [6.45, 7) is 7.28. The second-order valence-electron chi connectivity index (χ2n) is 4.48. The highest BCUT2D eigenvalue weighted by Crippen LogP contribution is 2.28. The molecule has 0 aromatic carbocycles. The number of nitrogens with zero attached hydrogens (tertiary/aromatic N) is 2. The Balaban J connectivity index is 3.01. The van der Waals surface area contributed by atoms with Gasteiger partial charge < -0.3 is 5.73 Å². The molecule has 0 fully saturated rings. The third kappa shape index (κ3) is 2.12. The minimum absolute atomic E-state index is 0.153. The van der Waals surface area contributed by atoms with Crippen LogP contribution in [-0.2, 0) is 0 Å². The van der Waals surface area contributed by atoms with Crippen molar-refractivity contribution in [1.29, 1.82) is 0 Å². The van der Waals surface area contributed by atoms with Gasteiger partial charge in [0.1, 0.15) is 0 Å². The van der Waals surface area contributed by atoms with Crippen LogP contribution in [0.2, 0.25) is 0 Å². The summed E-state index contributed by atoms with van der Waals surface area (Å²) in [6.07, 6.45) is 0.417. The van der Waals surface area contributed by atoms with Gasteiger partial charge >= 0.3 is 0 Å². The first-order chi connectivity index (χ1) is 6.34. The molecule has 0 spiro atoms. The van der Waals surface area contributed by atoms with Crippen LogP contribution in [0.15, 0.2) is 12.3 Å². The van der Waals surface area contributed by atoms with Gasteiger partial charge in [0, 0.05) is 17.8 Å². The van der Waals surface area contributed by atoms with Crippen molar-refractivity contribution in [3.8, 4) is 0 Å². The van der Waals surface area contributed by atoms with Gasteiger partial charge in [-0.05, 0) is 33.8 Å². The summed E-state index contributed by atoms with van der Waals surface area (Å²) in [4.78, 5) is 0. The maximum absolute atomic E-state index is 13.9. The van der Waals surface area contributed by atoms with E-state index in [0.717, 1.165) is 0 Å². The number of halogens is 1. The molecule has 1 atom stereocenters. The van der Waals surface area contributed by atoms with Crippen LogP contribution in [0.5, 0.6) is 0 Å². The molecule has 2 N–H and O–H groups in total. The van der Waals surface area contributed by atoms with Gasteiger partial charge in [0.15, 0.2) is 6.17 Å². The van der Waals surface area contributed by atoms with Gasteiger partial charge in [-0.25, -0.2) is 4.39 Å². The maximum atomic E-state index is 13.9. The second-order valence-corrected chi connectivity index (χ2v) is 4.48. The van der Waals surface area contributed by atoms with E-state index in [9.17, 15) is 4.39 Å². The van der Waals surface area contributed by atoms with E-state index in [1.54, 1.807) is 30.8 Å². The molecule has 1 aromatic rings. The highest BCUT2D eigenvalue weighted by molar-refractivity contribution is 5.10. The van der Waals surface area contributed by atoms with Crippen LogP contribution in [0.1, 0.15) is 45.6 Å². The van der Waals surface area contributed by atoms with E-state index >= 15 is 0 Å². The third-order valence-corrected chi connectivity index (χ3v) is 2.10. The molecular formula is C10H18FN3. The Morgan fingerprint density at radius 3 is 2.50 bits per heavy atom.